The van der Waals surface area contributed by atoms with E-state index < -0.39 is 12.1 Å². The lowest BCUT2D eigenvalue weighted by Crippen LogP contribution is -2.53. The highest BCUT2D eigenvalue weighted by Crippen LogP contribution is 2.29. The number of rotatable bonds is 5. The lowest BCUT2D eigenvalue weighted by atomic mass is 10.1. The number of fused-ring (bicyclic) bond motifs is 1. The standard InChI is InChI=1S/C23H24N2O7/c1-14-17-13-16(29-3)6-7-18(17)32-20(14)23(28)31-15(2)21(26)24-8-10-25(11-9-24)22(27)19-5-4-12-30-19/h4-7,12-13,15H,8-11H2,1-3H3. The van der Waals surface area contributed by atoms with E-state index in [0.717, 1.165) is 5.39 Å². The zero-order chi connectivity index (χ0) is 22.8. The average Bonchev–Trinajstić information content (AvgIpc) is 3.46. The molecule has 32 heavy (non-hydrogen) atoms. The molecule has 9 heteroatoms. The molecule has 3 heterocycles. The minimum atomic E-state index is -0.989. The van der Waals surface area contributed by atoms with Crippen LogP contribution in [0.1, 0.15) is 33.6 Å². The number of furan rings is 2. The highest BCUT2D eigenvalue weighted by Gasteiger charge is 2.31. The molecule has 1 unspecified atom stereocenters. The van der Waals surface area contributed by atoms with Crippen LogP contribution < -0.4 is 4.74 Å². The number of benzene rings is 1. The molecular weight excluding hydrogens is 416 g/mol. The van der Waals surface area contributed by atoms with E-state index in [1.54, 1.807) is 54.2 Å². The second kappa shape index (κ2) is 8.78. The van der Waals surface area contributed by atoms with Crippen molar-refractivity contribution in [1.82, 2.24) is 9.80 Å². The van der Waals surface area contributed by atoms with Gasteiger partial charge >= 0.3 is 5.97 Å². The fourth-order valence-corrected chi connectivity index (χ4v) is 3.73. The van der Waals surface area contributed by atoms with Crippen LogP contribution in [-0.2, 0) is 9.53 Å². The number of esters is 1. The van der Waals surface area contributed by atoms with Gasteiger partial charge in [0.1, 0.15) is 11.3 Å². The van der Waals surface area contributed by atoms with Crippen molar-refractivity contribution in [2.45, 2.75) is 20.0 Å². The van der Waals surface area contributed by atoms with Crippen LogP contribution >= 0.6 is 0 Å². The first kappa shape index (κ1) is 21.5. The molecule has 0 radical (unpaired) electrons. The van der Waals surface area contributed by atoms with Crippen molar-refractivity contribution < 1.29 is 32.7 Å². The summed E-state index contributed by atoms with van der Waals surface area (Å²) in [5.74, 6) is -0.259. The second-order valence-electron chi connectivity index (χ2n) is 7.56. The fraction of sp³-hybridized carbons (Fsp3) is 0.348. The molecule has 1 aliphatic rings. The van der Waals surface area contributed by atoms with Gasteiger partial charge < -0.3 is 28.1 Å². The zero-order valence-electron chi connectivity index (χ0n) is 18.1. The summed E-state index contributed by atoms with van der Waals surface area (Å²) in [6, 6.07) is 8.50. The van der Waals surface area contributed by atoms with Gasteiger partial charge in [0.2, 0.25) is 5.76 Å². The molecule has 3 aromatic rings. The number of ether oxygens (including phenoxy) is 2. The molecule has 1 aliphatic heterocycles. The van der Waals surface area contributed by atoms with Crippen LogP contribution in [0.2, 0.25) is 0 Å². The lowest BCUT2D eigenvalue weighted by molar-refractivity contribution is -0.141. The minimum absolute atomic E-state index is 0.0572. The Balaban J connectivity index is 1.37. The largest absolute Gasteiger partial charge is 0.497 e. The second-order valence-corrected chi connectivity index (χ2v) is 7.56. The van der Waals surface area contributed by atoms with Gasteiger partial charge in [-0.3, -0.25) is 9.59 Å². The molecular formula is C23H24N2O7. The van der Waals surface area contributed by atoms with Gasteiger partial charge in [0.25, 0.3) is 11.8 Å². The van der Waals surface area contributed by atoms with E-state index in [4.69, 9.17) is 18.3 Å². The number of amides is 2. The van der Waals surface area contributed by atoms with Crippen LogP contribution in [0, 0.1) is 6.92 Å². The SMILES string of the molecule is COc1ccc2oc(C(=O)OC(C)C(=O)N3CCN(C(=O)c4ccco4)CC3)c(C)c2c1. The Morgan fingerprint density at radius 3 is 2.44 bits per heavy atom. The van der Waals surface area contributed by atoms with E-state index in [1.165, 1.54) is 13.2 Å². The van der Waals surface area contributed by atoms with E-state index in [9.17, 15) is 14.4 Å². The Hall–Kier alpha value is -3.75. The normalized spacial score (nSPS) is 15.0. The van der Waals surface area contributed by atoms with Crippen molar-refractivity contribution in [3.8, 4) is 5.75 Å². The van der Waals surface area contributed by atoms with Gasteiger partial charge in [0.05, 0.1) is 13.4 Å². The van der Waals surface area contributed by atoms with Crippen molar-refractivity contribution in [3.05, 3.63) is 53.7 Å². The van der Waals surface area contributed by atoms with Crippen LogP contribution in [0.4, 0.5) is 0 Å². The van der Waals surface area contributed by atoms with Gasteiger partial charge in [-0.25, -0.2) is 4.79 Å². The van der Waals surface area contributed by atoms with Gasteiger partial charge in [0.15, 0.2) is 11.9 Å². The molecule has 0 saturated carbocycles. The molecule has 9 nitrogen and oxygen atoms in total. The summed E-state index contributed by atoms with van der Waals surface area (Å²) < 4.78 is 21.4. The van der Waals surface area contributed by atoms with Gasteiger partial charge in [-0.1, -0.05) is 0 Å². The maximum Gasteiger partial charge on any atom is 0.375 e. The van der Waals surface area contributed by atoms with Gasteiger partial charge in [-0.2, -0.15) is 0 Å². The molecule has 0 bridgehead atoms. The maximum absolute atomic E-state index is 12.8. The topological polar surface area (TPSA) is 102 Å². The summed E-state index contributed by atoms with van der Waals surface area (Å²) >= 11 is 0. The summed E-state index contributed by atoms with van der Waals surface area (Å²) in [4.78, 5) is 41.0. The predicted molar refractivity (Wildman–Crippen MR) is 114 cm³/mol. The van der Waals surface area contributed by atoms with Crippen molar-refractivity contribution in [3.63, 3.8) is 0 Å². The number of carbonyl (C=O) groups is 3. The Morgan fingerprint density at radius 1 is 1.06 bits per heavy atom. The number of piperazine rings is 1. The van der Waals surface area contributed by atoms with E-state index in [2.05, 4.69) is 0 Å². The smallest absolute Gasteiger partial charge is 0.375 e. The van der Waals surface area contributed by atoms with E-state index in [-0.39, 0.29) is 23.3 Å². The molecule has 2 aromatic heterocycles. The van der Waals surface area contributed by atoms with Crippen LogP contribution in [0.5, 0.6) is 5.75 Å². The highest BCUT2D eigenvalue weighted by atomic mass is 16.6. The Morgan fingerprint density at radius 2 is 1.78 bits per heavy atom. The lowest BCUT2D eigenvalue weighted by Gasteiger charge is -2.35. The highest BCUT2D eigenvalue weighted by molar-refractivity contribution is 5.97. The summed E-state index contributed by atoms with van der Waals surface area (Å²) in [5, 5.41) is 0.743. The first-order chi connectivity index (χ1) is 15.4. The summed E-state index contributed by atoms with van der Waals surface area (Å²) in [7, 11) is 1.56. The summed E-state index contributed by atoms with van der Waals surface area (Å²) in [5.41, 5.74) is 1.15. The number of methoxy groups -OCH3 is 1. The Labute approximate surface area is 184 Å². The molecule has 2 amide bonds. The number of hydrogen-bond donors (Lipinski definition) is 0. The third-order valence-electron chi connectivity index (χ3n) is 5.57. The number of aryl methyl sites for hydroxylation is 1. The molecule has 0 spiro atoms. The van der Waals surface area contributed by atoms with Crippen molar-refractivity contribution in [2.75, 3.05) is 33.3 Å². The van der Waals surface area contributed by atoms with Crippen LogP contribution in [0.15, 0.2) is 45.4 Å². The quantitative estimate of drug-likeness (QED) is 0.562. The molecule has 0 N–H and O–H groups in total. The molecule has 1 atom stereocenters. The van der Waals surface area contributed by atoms with Crippen LogP contribution in [-0.4, -0.2) is 67.0 Å². The fourth-order valence-electron chi connectivity index (χ4n) is 3.73. The maximum atomic E-state index is 12.8. The van der Waals surface area contributed by atoms with Gasteiger partial charge in [0, 0.05) is 37.1 Å². The summed E-state index contributed by atoms with van der Waals surface area (Å²) in [6.07, 6.45) is 0.459. The third kappa shape index (κ3) is 4.05. The molecule has 1 saturated heterocycles. The minimum Gasteiger partial charge on any atom is -0.497 e. The Kier molecular flexibility index (Phi) is 5.89. The first-order valence-corrected chi connectivity index (χ1v) is 10.3. The summed E-state index contributed by atoms with van der Waals surface area (Å²) in [6.45, 7) is 4.71. The molecule has 1 aromatic carbocycles. The molecule has 1 fully saturated rings. The first-order valence-electron chi connectivity index (χ1n) is 10.3. The molecule has 0 aliphatic carbocycles. The monoisotopic (exact) mass is 440 g/mol. The van der Waals surface area contributed by atoms with E-state index in [1.807, 2.05) is 0 Å². The zero-order valence-corrected chi connectivity index (χ0v) is 18.1. The van der Waals surface area contributed by atoms with Gasteiger partial charge in [-0.05, 0) is 44.2 Å². The van der Waals surface area contributed by atoms with E-state index >= 15 is 0 Å². The average molecular weight is 440 g/mol. The van der Waals surface area contributed by atoms with Crippen LogP contribution in [0.25, 0.3) is 11.0 Å². The third-order valence-corrected chi connectivity index (χ3v) is 5.57. The Bertz CT molecular complexity index is 1140. The van der Waals surface area contributed by atoms with E-state index in [0.29, 0.717) is 43.1 Å². The molecule has 4 rings (SSSR count). The van der Waals surface area contributed by atoms with Crippen molar-refractivity contribution in [1.29, 1.82) is 0 Å². The molecule has 168 valence electrons. The number of hydrogen-bond acceptors (Lipinski definition) is 7. The number of nitrogens with zero attached hydrogens (tertiary/aromatic N) is 2. The van der Waals surface area contributed by atoms with Crippen LogP contribution in [0.3, 0.4) is 0 Å². The van der Waals surface area contributed by atoms with Crippen molar-refractivity contribution >= 4 is 28.8 Å². The van der Waals surface area contributed by atoms with Gasteiger partial charge in [-0.15, -0.1) is 0 Å². The predicted octanol–water partition coefficient (Wildman–Crippen LogP) is 2.87. The van der Waals surface area contributed by atoms with Crippen molar-refractivity contribution in [2.24, 2.45) is 0 Å². The number of carbonyl (C=O) groups excluding carboxylic acids is 3.